The number of ether oxygens (including phenoxy) is 1. The summed E-state index contributed by atoms with van der Waals surface area (Å²) in [5, 5.41) is 7.01. The number of hydrogen-bond acceptors (Lipinski definition) is 6. The molecule has 0 unspecified atom stereocenters. The van der Waals surface area contributed by atoms with Crippen LogP contribution in [0.3, 0.4) is 0 Å². The number of aromatic nitrogens is 2. The van der Waals surface area contributed by atoms with Gasteiger partial charge in [-0.2, -0.15) is 0 Å². The van der Waals surface area contributed by atoms with Gasteiger partial charge in [-0.05, 0) is 41.1 Å². The van der Waals surface area contributed by atoms with Crippen molar-refractivity contribution in [2.75, 3.05) is 0 Å². The van der Waals surface area contributed by atoms with E-state index in [2.05, 4.69) is 17.3 Å². The van der Waals surface area contributed by atoms with Crippen molar-refractivity contribution < 1.29 is 14.1 Å². The zero-order valence-corrected chi connectivity index (χ0v) is 18.3. The summed E-state index contributed by atoms with van der Waals surface area (Å²) in [6.45, 7) is 2.00. The molecule has 0 spiro atoms. The molecule has 5 rings (SSSR count). The molecule has 0 fully saturated rings. The molecular weight excluding hydrogens is 420 g/mol. The number of thiophene rings is 1. The van der Waals surface area contributed by atoms with Crippen molar-refractivity contribution in [3.63, 3.8) is 0 Å². The molecule has 3 heterocycles. The molecule has 0 aliphatic rings. The molecule has 0 aliphatic carbocycles. The van der Waals surface area contributed by atoms with Gasteiger partial charge in [0.2, 0.25) is 0 Å². The van der Waals surface area contributed by atoms with Crippen LogP contribution in [0.5, 0.6) is 0 Å². The second-order valence-corrected chi connectivity index (χ2v) is 8.38. The van der Waals surface area contributed by atoms with Crippen molar-refractivity contribution in [1.29, 1.82) is 0 Å². The fourth-order valence-corrected chi connectivity index (χ4v) is 4.46. The number of fused-ring (bicyclic) bond motifs is 1. The summed E-state index contributed by atoms with van der Waals surface area (Å²) in [5.74, 6) is 0.343. The van der Waals surface area contributed by atoms with Gasteiger partial charge in [-0.1, -0.05) is 59.8 Å². The molecule has 3 aromatic heterocycles. The van der Waals surface area contributed by atoms with Crippen LogP contribution in [0.2, 0.25) is 0 Å². The number of benzene rings is 2. The van der Waals surface area contributed by atoms with Crippen LogP contribution in [0.4, 0.5) is 0 Å². The molecule has 0 bridgehead atoms. The van der Waals surface area contributed by atoms with Crippen LogP contribution in [0.15, 0.2) is 82.7 Å². The topological polar surface area (TPSA) is 65.2 Å². The Balaban J connectivity index is 1.40. The number of nitrogens with zero attached hydrogens (tertiary/aromatic N) is 2. The third kappa shape index (κ3) is 4.05. The van der Waals surface area contributed by atoms with Gasteiger partial charge in [-0.3, -0.25) is 9.78 Å². The fourth-order valence-electron chi connectivity index (χ4n) is 3.79. The summed E-state index contributed by atoms with van der Waals surface area (Å²) in [4.78, 5) is 18.5. The van der Waals surface area contributed by atoms with Gasteiger partial charge in [0.1, 0.15) is 12.3 Å². The van der Waals surface area contributed by atoms with Crippen molar-refractivity contribution >= 4 is 28.2 Å². The number of carbonyl (C=O) groups is 1. The molecular formula is C26H20N2O3S. The van der Waals surface area contributed by atoms with E-state index >= 15 is 0 Å². The van der Waals surface area contributed by atoms with E-state index in [9.17, 15) is 4.79 Å². The molecule has 158 valence electrons. The maximum atomic E-state index is 12.8. The third-order valence-corrected chi connectivity index (χ3v) is 6.17. The Morgan fingerprint density at radius 1 is 1.03 bits per heavy atom. The predicted octanol–water partition coefficient (Wildman–Crippen LogP) is 6.21. The van der Waals surface area contributed by atoms with E-state index in [-0.39, 0.29) is 19.0 Å². The van der Waals surface area contributed by atoms with Gasteiger partial charge >= 0.3 is 5.97 Å². The van der Waals surface area contributed by atoms with E-state index in [1.807, 2.05) is 66.9 Å². The number of rotatable bonds is 6. The van der Waals surface area contributed by atoms with Crippen molar-refractivity contribution in [2.24, 2.45) is 0 Å². The first-order valence-corrected chi connectivity index (χ1v) is 11.2. The highest BCUT2D eigenvalue weighted by Crippen LogP contribution is 2.33. The Labute approximate surface area is 189 Å². The summed E-state index contributed by atoms with van der Waals surface area (Å²) in [6, 6.07) is 23.8. The van der Waals surface area contributed by atoms with Crippen LogP contribution in [0.1, 0.15) is 17.0 Å². The Morgan fingerprint density at radius 3 is 2.66 bits per heavy atom. The lowest BCUT2D eigenvalue weighted by Crippen LogP contribution is -2.11. The van der Waals surface area contributed by atoms with Crippen LogP contribution in [-0.4, -0.2) is 16.1 Å². The van der Waals surface area contributed by atoms with Crippen molar-refractivity contribution in [3.8, 4) is 21.8 Å². The average Bonchev–Trinajstić information content (AvgIpc) is 3.51. The highest BCUT2D eigenvalue weighted by atomic mass is 32.1. The van der Waals surface area contributed by atoms with E-state index in [0.717, 1.165) is 38.2 Å². The van der Waals surface area contributed by atoms with Crippen LogP contribution in [0, 0.1) is 6.92 Å². The first kappa shape index (κ1) is 20.2. The SMILES string of the molecule is Cc1nc2ccccc2c(-c2ccccc2)c1CC(=O)OCc1cc(-c2cccs2)on1. The molecule has 0 amide bonds. The summed E-state index contributed by atoms with van der Waals surface area (Å²) < 4.78 is 10.9. The minimum absolute atomic E-state index is 0.0639. The lowest BCUT2D eigenvalue weighted by atomic mass is 9.93. The second kappa shape index (κ2) is 8.77. The second-order valence-electron chi connectivity index (χ2n) is 7.43. The largest absolute Gasteiger partial charge is 0.459 e. The van der Waals surface area contributed by atoms with Gasteiger partial charge in [0.05, 0.1) is 16.8 Å². The summed E-state index contributed by atoms with van der Waals surface area (Å²) >= 11 is 1.57. The molecule has 0 radical (unpaired) electrons. The van der Waals surface area contributed by atoms with Gasteiger partial charge < -0.3 is 9.26 Å². The van der Waals surface area contributed by atoms with Crippen LogP contribution < -0.4 is 0 Å². The number of aryl methyl sites for hydroxylation is 1. The zero-order chi connectivity index (χ0) is 21.9. The van der Waals surface area contributed by atoms with E-state index in [4.69, 9.17) is 14.2 Å². The summed E-state index contributed by atoms with van der Waals surface area (Å²) in [7, 11) is 0. The monoisotopic (exact) mass is 440 g/mol. The molecule has 6 heteroatoms. The number of esters is 1. The smallest absolute Gasteiger partial charge is 0.310 e. The van der Waals surface area contributed by atoms with E-state index in [0.29, 0.717) is 11.5 Å². The molecule has 0 aliphatic heterocycles. The quantitative estimate of drug-likeness (QED) is 0.294. The van der Waals surface area contributed by atoms with E-state index < -0.39 is 0 Å². The molecule has 2 aromatic carbocycles. The van der Waals surface area contributed by atoms with Gasteiger partial charge in [-0.15, -0.1) is 11.3 Å². The average molecular weight is 441 g/mol. The minimum Gasteiger partial charge on any atom is -0.459 e. The molecule has 0 N–H and O–H groups in total. The molecule has 32 heavy (non-hydrogen) atoms. The maximum Gasteiger partial charge on any atom is 0.310 e. The standard InChI is InChI=1S/C26H20N2O3S/c1-17-21(15-25(29)30-16-19-14-23(31-28-19)24-12-7-13-32-24)26(18-8-3-2-4-9-18)20-10-5-6-11-22(20)27-17/h2-14H,15-16H2,1H3. The van der Waals surface area contributed by atoms with Gasteiger partial charge in [-0.25, -0.2) is 0 Å². The first-order valence-electron chi connectivity index (χ1n) is 10.3. The Kier molecular flexibility index (Phi) is 5.52. The Bertz CT molecular complexity index is 1380. The van der Waals surface area contributed by atoms with Gasteiger partial charge in [0.15, 0.2) is 5.76 Å². The van der Waals surface area contributed by atoms with Crippen LogP contribution in [-0.2, 0) is 22.6 Å². The Hall–Kier alpha value is -3.77. The van der Waals surface area contributed by atoms with Crippen molar-refractivity contribution in [1.82, 2.24) is 10.1 Å². The molecule has 5 aromatic rings. The normalized spacial score (nSPS) is 11.0. The number of pyridine rings is 1. The lowest BCUT2D eigenvalue weighted by Gasteiger charge is -2.15. The highest BCUT2D eigenvalue weighted by Gasteiger charge is 2.18. The number of para-hydroxylation sites is 1. The zero-order valence-electron chi connectivity index (χ0n) is 17.4. The molecule has 5 nitrogen and oxygen atoms in total. The van der Waals surface area contributed by atoms with Crippen LogP contribution in [0.25, 0.3) is 32.7 Å². The van der Waals surface area contributed by atoms with E-state index in [1.54, 1.807) is 17.4 Å². The van der Waals surface area contributed by atoms with E-state index in [1.165, 1.54) is 0 Å². The molecule has 0 saturated carbocycles. The minimum atomic E-state index is -0.331. The Morgan fingerprint density at radius 2 is 1.84 bits per heavy atom. The predicted molar refractivity (Wildman–Crippen MR) is 125 cm³/mol. The maximum absolute atomic E-state index is 12.8. The number of hydrogen-bond donors (Lipinski definition) is 0. The van der Waals surface area contributed by atoms with Crippen molar-refractivity contribution in [2.45, 2.75) is 20.0 Å². The van der Waals surface area contributed by atoms with Crippen LogP contribution >= 0.6 is 11.3 Å². The van der Waals surface area contributed by atoms with Gasteiger partial charge in [0.25, 0.3) is 0 Å². The molecule has 0 saturated heterocycles. The highest BCUT2D eigenvalue weighted by molar-refractivity contribution is 7.13. The van der Waals surface area contributed by atoms with Crippen molar-refractivity contribution in [3.05, 3.63) is 95.1 Å². The van der Waals surface area contributed by atoms with Gasteiger partial charge in [0, 0.05) is 17.1 Å². The summed E-state index contributed by atoms with van der Waals surface area (Å²) in [5.41, 5.74) is 5.25. The number of carbonyl (C=O) groups excluding carboxylic acids is 1. The summed E-state index contributed by atoms with van der Waals surface area (Å²) in [6.07, 6.45) is 0.129. The third-order valence-electron chi connectivity index (χ3n) is 5.29. The first-order chi connectivity index (χ1) is 15.7. The lowest BCUT2D eigenvalue weighted by molar-refractivity contribution is -0.144. The fraction of sp³-hybridized carbons (Fsp3) is 0.115. The molecule has 0 atom stereocenters.